The van der Waals surface area contributed by atoms with Crippen LogP contribution in [0.15, 0.2) is 24.3 Å². The molecule has 0 aromatic heterocycles. The molecule has 0 spiro atoms. The maximum Gasteiger partial charge on any atom is 0.472 e. The lowest BCUT2D eigenvalue weighted by Gasteiger charge is -2.20. The Balaban J connectivity index is 4.24. The minimum absolute atomic E-state index is 0.162. The van der Waals surface area contributed by atoms with E-state index in [1.165, 1.54) is 161 Å². The van der Waals surface area contributed by atoms with E-state index in [0.717, 1.165) is 44.9 Å². The highest BCUT2D eigenvalue weighted by atomic mass is 31.2. The maximum absolute atomic E-state index is 12.7. The van der Waals surface area contributed by atoms with Crippen LogP contribution in [0.3, 0.4) is 0 Å². The molecule has 12 heteroatoms. The molecule has 0 aliphatic carbocycles. The number of hydrogen-bond acceptors (Lipinski definition) is 9. The van der Waals surface area contributed by atoms with E-state index in [9.17, 15) is 23.8 Å². The smallest absolute Gasteiger partial charge is 0.472 e. The van der Waals surface area contributed by atoms with Gasteiger partial charge in [-0.3, -0.25) is 23.4 Å². The van der Waals surface area contributed by atoms with E-state index >= 15 is 0 Å². The van der Waals surface area contributed by atoms with Crippen LogP contribution in [0.1, 0.15) is 245 Å². The zero-order valence-electron chi connectivity index (χ0n) is 39.7. The molecule has 0 amide bonds. The van der Waals surface area contributed by atoms with Crippen molar-refractivity contribution >= 4 is 25.7 Å². The lowest BCUT2D eigenvalue weighted by Crippen LogP contribution is -2.34. The van der Waals surface area contributed by atoms with E-state index < -0.39 is 51.1 Å². The summed E-state index contributed by atoms with van der Waals surface area (Å²) in [7, 11) is -4.72. The third-order valence-electron chi connectivity index (χ3n) is 11.2. The standard InChI is InChI=1S/C50H94NO10P/c1-3-5-7-9-11-13-15-17-19-21-22-23-24-26-28-30-32-34-36-38-40-42-49(53)61-46(44-59-62(56,57)60-45-47(51)50(54)55)43-58-48(52)41-39-37-35-33-31-29-27-25-20-18-16-14-12-10-8-6-4-2/h17-20,46-47H,3-16,21-45,51H2,1-2H3,(H,54,55)(H,56,57)/b19-17-,20-18-/t46-,47+/m1/s1. The first-order valence-electron chi connectivity index (χ1n) is 25.4. The molecule has 0 saturated heterocycles. The second kappa shape index (κ2) is 45.5. The van der Waals surface area contributed by atoms with Gasteiger partial charge in [0.2, 0.25) is 0 Å². The number of aliphatic carboxylic acids is 1. The first kappa shape index (κ1) is 60.0. The van der Waals surface area contributed by atoms with Crippen LogP contribution in [-0.4, -0.2) is 59.9 Å². The minimum atomic E-state index is -4.72. The number of carbonyl (C=O) groups is 3. The number of phosphoric ester groups is 1. The average molecular weight is 900 g/mol. The highest BCUT2D eigenvalue weighted by Gasteiger charge is 2.28. The van der Waals surface area contributed by atoms with Gasteiger partial charge >= 0.3 is 25.7 Å². The van der Waals surface area contributed by atoms with E-state index in [4.69, 9.17) is 24.8 Å². The molecule has 0 rings (SSSR count). The first-order chi connectivity index (χ1) is 30.1. The highest BCUT2D eigenvalue weighted by Crippen LogP contribution is 2.43. The molecule has 0 fully saturated rings. The number of nitrogens with two attached hydrogens (primary N) is 1. The maximum atomic E-state index is 12.7. The van der Waals surface area contributed by atoms with E-state index in [-0.39, 0.29) is 19.4 Å². The van der Waals surface area contributed by atoms with Crippen molar-refractivity contribution in [3.63, 3.8) is 0 Å². The Morgan fingerprint density at radius 1 is 0.484 bits per heavy atom. The van der Waals surface area contributed by atoms with Gasteiger partial charge in [-0.15, -0.1) is 0 Å². The van der Waals surface area contributed by atoms with Gasteiger partial charge in [0.25, 0.3) is 0 Å². The van der Waals surface area contributed by atoms with Gasteiger partial charge in [0.1, 0.15) is 12.6 Å². The van der Waals surface area contributed by atoms with Crippen molar-refractivity contribution in [1.29, 1.82) is 0 Å². The Hall–Kier alpha value is -2.04. The van der Waals surface area contributed by atoms with E-state index in [1.807, 2.05) is 0 Å². The molecule has 364 valence electrons. The number of allylic oxidation sites excluding steroid dienone is 4. The van der Waals surface area contributed by atoms with Crippen LogP contribution in [0.4, 0.5) is 0 Å². The number of carbonyl (C=O) groups excluding carboxylic acids is 2. The fourth-order valence-corrected chi connectivity index (χ4v) is 7.95. The summed E-state index contributed by atoms with van der Waals surface area (Å²) in [6.45, 7) is 2.83. The summed E-state index contributed by atoms with van der Waals surface area (Å²) in [5.41, 5.74) is 5.35. The predicted octanol–water partition coefficient (Wildman–Crippen LogP) is 14.2. The number of unbranched alkanes of at least 4 members (excludes halogenated alkanes) is 30. The predicted molar refractivity (Wildman–Crippen MR) is 254 cm³/mol. The van der Waals surface area contributed by atoms with Gasteiger partial charge < -0.3 is 25.2 Å². The third-order valence-corrected chi connectivity index (χ3v) is 12.1. The summed E-state index contributed by atoms with van der Waals surface area (Å²) in [6.07, 6.45) is 49.5. The molecular formula is C50H94NO10P. The number of ether oxygens (including phenoxy) is 2. The molecule has 0 radical (unpaired) electrons. The number of rotatable bonds is 48. The van der Waals surface area contributed by atoms with Gasteiger partial charge in [-0.2, -0.15) is 0 Å². The largest absolute Gasteiger partial charge is 0.480 e. The number of phosphoric acid groups is 1. The summed E-state index contributed by atoms with van der Waals surface area (Å²) in [6, 6.07) is -1.52. The van der Waals surface area contributed by atoms with Crippen LogP contribution < -0.4 is 5.73 Å². The second-order valence-corrected chi connectivity index (χ2v) is 18.8. The molecule has 0 aliphatic heterocycles. The zero-order chi connectivity index (χ0) is 45.6. The lowest BCUT2D eigenvalue weighted by atomic mass is 10.0. The number of carboxylic acid groups (broad SMARTS) is 1. The number of hydrogen-bond donors (Lipinski definition) is 3. The Kier molecular flexibility index (Phi) is 44.0. The van der Waals surface area contributed by atoms with Crippen molar-refractivity contribution in [3.8, 4) is 0 Å². The van der Waals surface area contributed by atoms with Crippen molar-refractivity contribution in [2.75, 3.05) is 19.8 Å². The van der Waals surface area contributed by atoms with Crippen LogP contribution in [0.25, 0.3) is 0 Å². The van der Waals surface area contributed by atoms with Crippen molar-refractivity contribution in [2.45, 2.75) is 257 Å². The van der Waals surface area contributed by atoms with Gasteiger partial charge in [0.15, 0.2) is 6.10 Å². The van der Waals surface area contributed by atoms with Gasteiger partial charge in [-0.05, 0) is 64.2 Å². The van der Waals surface area contributed by atoms with Gasteiger partial charge in [0, 0.05) is 12.8 Å². The minimum Gasteiger partial charge on any atom is -0.480 e. The molecular weight excluding hydrogens is 806 g/mol. The average Bonchev–Trinajstić information content (AvgIpc) is 3.25. The van der Waals surface area contributed by atoms with Crippen molar-refractivity contribution in [1.82, 2.24) is 0 Å². The Morgan fingerprint density at radius 2 is 0.806 bits per heavy atom. The van der Waals surface area contributed by atoms with Crippen LogP contribution in [0.5, 0.6) is 0 Å². The Morgan fingerprint density at radius 3 is 1.18 bits per heavy atom. The van der Waals surface area contributed by atoms with Crippen LogP contribution in [0, 0.1) is 0 Å². The SMILES string of the molecule is CCCCCCCC/C=C\CCCCCCCCCCCCCC(=O)O[C@H](COC(=O)CCCCCCCCC/C=C\CCCCCCCC)COP(=O)(O)OC[C@H](N)C(=O)O. The van der Waals surface area contributed by atoms with E-state index in [0.29, 0.717) is 12.8 Å². The number of esters is 2. The summed E-state index contributed by atoms with van der Waals surface area (Å²) < 4.78 is 32.8. The highest BCUT2D eigenvalue weighted by molar-refractivity contribution is 7.47. The molecule has 0 aliphatic rings. The molecule has 0 heterocycles. The zero-order valence-corrected chi connectivity index (χ0v) is 40.6. The molecule has 62 heavy (non-hydrogen) atoms. The lowest BCUT2D eigenvalue weighted by molar-refractivity contribution is -0.161. The molecule has 4 N–H and O–H groups in total. The summed E-state index contributed by atoms with van der Waals surface area (Å²) >= 11 is 0. The molecule has 0 saturated carbocycles. The van der Waals surface area contributed by atoms with E-state index in [1.54, 1.807) is 0 Å². The van der Waals surface area contributed by atoms with Crippen LogP contribution in [0.2, 0.25) is 0 Å². The summed E-state index contributed by atoms with van der Waals surface area (Å²) in [5, 5.41) is 8.92. The number of carboxylic acids is 1. The fraction of sp³-hybridized carbons (Fsp3) is 0.860. The van der Waals surface area contributed by atoms with Crippen LogP contribution in [-0.2, 0) is 37.5 Å². The molecule has 0 aromatic carbocycles. The third kappa shape index (κ3) is 44.6. The molecule has 3 atom stereocenters. The van der Waals surface area contributed by atoms with Crippen molar-refractivity contribution < 1.29 is 47.5 Å². The molecule has 0 bridgehead atoms. The summed E-state index contributed by atoms with van der Waals surface area (Å²) in [4.78, 5) is 46.2. The van der Waals surface area contributed by atoms with Gasteiger partial charge in [0.05, 0.1) is 13.2 Å². The Labute approximate surface area is 379 Å². The van der Waals surface area contributed by atoms with Gasteiger partial charge in [-0.25, -0.2) is 4.57 Å². The molecule has 11 nitrogen and oxygen atoms in total. The quantitative estimate of drug-likeness (QED) is 0.0230. The second-order valence-electron chi connectivity index (χ2n) is 17.3. The summed E-state index contributed by atoms with van der Waals surface area (Å²) in [5.74, 6) is -2.37. The van der Waals surface area contributed by atoms with Gasteiger partial charge in [-0.1, -0.05) is 192 Å². The fourth-order valence-electron chi connectivity index (χ4n) is 7.17. The normalized spacial score (nSPS) is 13.7. The van der Waals surface area contributed by atoms with Crippen molar-refractivity contribution in [3.05, 3.63) is 24.3 Å². The van der Waals surface area contributed by atoms with Crippen molar-refractivity contribution in [2.24, 2.45) is 5.73 Å². The topological polar surface area (TPSA) is 172 Å². The van der Waals surface area contributed by atoms with Crippen LogP contribution >= 0.6 is 7.82 Å². The monoisotopic (exact) mass is 900 g/mol. The Bertz CT molecular complexity index is 1150. The molecule has 0 aromatic rings. The van der Waals surface area contributed by atoms with E-state index in [2.05, 4.69) is 42.7 Å². The first-order valence-corrected chi connectivity index (χ1v) is 26.9. The molecule has 1 unspecified atom stereocenters.